The van der Waals surface area contributed by atoms with Gasteiger partial charge in [-0.05, 0) is 31.5 Å². The van der Waals surface area contributed by atoms with E-state index in [2.05, 4.69) is 0 Å². The first-order chi connectivity index (χ1) is 7.17. The van der Waals surface area contributed by atoms with E-state index in [0.717, 1.165) is 24.6 Å². The molecular weight excluding hydrogens is 214 g/mol. The number of Topliss-reactive ketones (excluding diaryl/α,β-unsaturated/α-hetero) is 1. The van der Waals surface area contributed by atoms with E-state index in [1.165, 1.54) is 0 Å². The summed E-state index contributed by atoms with van der Waals surface area (Å²) in [6, 6.07) is 0. The molecule has 0 aromatic rings. The number of hydrogen-bond acceptors (Lipinski definition) is 5. The third kappa shape index (κ3) is 2.32. The van der Waals surface area contributed by atoms with Gasteiger partial charge in [0.1, 0.15) is 5.40 Å². The Kier molecular flexibility index (Phi) is 4.15. The molecule has 15 heavy (non-hydrogen) atoms. The third-order valence-electron chi connectivity index (χ3n) is 2.46. The van der Waals surface area contributed by atoms with Crippen LogP contribution in [0.5, 0.6) is 0 Å². The first-order valence-electron chi connectivity index (χ1n) is 4.95. The minimum absolute atomic E-state index is 0.168. The second-order valence-corrected chi connectivity index (χ2v) is 4.45. The van der Waals surface area contributed by atoms with E-state index < -0.39 is 10.7 Å². The highest BCUT2D eigenvalue weighted by Gasteiger charge is 2.49. The van der Waals surface area contributed by atoms with Crippen LogP contribution in [0.15, 0.2) is 0 Å². The number of nitriles is 1. The molecule has 0 aliphatic heterocycles. The van der Waals surface area contributed by atoms with Crippen LogP contribution in [0.25, 0.3) is 0 Å². The summed E-state index contributed by atoms with van der Waals surface area (Å²) in [6.45, 7) is 1.93. The second-order valence-electron chi connectivity index (χ2n) is 3.37. The number of hydrogen-bond donors (Lipinski definition) is 0. The van der Waals surface area contributed by atoms with Crippen molar-refractivity contribution in [3.05, 3.63) is 0 Å². The molecule has 1 rings (SSSR count). The number of ketones is 1. The maximum Gasteiger partial charge on any atom is 0.330 e. The molecule has 4 nitrogen and oxygen atoms in total. The van der Waals surface area contributed by atoms with E-state index in [9.17, 15) is 9.59 Å². The monoisotopic (exact) mass is 227 g/mol. The zero-order valence-corrected chi connectivity index (χ0v) is 9.43. The first-order valence-corrected chi connectivity index (χ1v) is 5.76. The van der Waals surface area contributed by atoms with Crippen LogP contribution in [0, 0.1) is 10.7 Å². The quantitative estimate of drug-likeness (QED) is 0.416. The van der Waals surface area contributed by atoms with Crippen molar-refractivity contribution in [2.24, 2.45) is 0 Å². The van der Waals surface area contributed by atoms with Gasteiger partial charge in [0.2, 0.25) is 0 Å². The van der Waals surface area contributed by atoms with Gasteiger partial charge in [0.05, 0.1) is 6.61 Å². The molecule has 82 valence electrons. The molecule has 1 fully saturated rings. The normalized spacial score (nSPS) is 25.7. The SMILES string of the molecule is CCOC(=O)C1(SC#N)CCCCC1=O. The van der Waals surface area contributed by atoms with Crippen molar-refractivity contribution in [1.29, 1.82) is 5.26 Å². The Morgan fingerprint density at radius 2 is 2.40 bits per heavy atom. The number of ether oxygens (including phenoxy) is 1. The number of carbonyl (C=O) groups is 2. The summed E-state index contributed by atoms with van der Waals surface area (Å²) in [5.74, 6) is -0.722. The number of rotatable bonds is 3. The largest absolute Gasteiger partial charge is 0.465 e. The predicted molar refractivity (Wildman–Crippen MR) is 56.0 cm³/mol. The van der Waals surface area contributed by atoms with Crippen molar-refractivity contribution in [1.82, 2.24) is 0 Å². The van der Waals surface area contributed by atoms with Crippen LogP contribution in [-0.4, -0.2) is 23.1 Å². The number of thiocyanates is 1. The first kappa shape index (κ1) is 12.1. The highest BCUT2D eigenvalue weighted by molar-refractivity contribution is 8.06. The smallest absolute Gasteiger partial charge is 0.330 e. The van der Waals surface area contributed by atoms with Gasteiger partial charge in [-0.1, -0.05) is 6.42 Å². The summed E-state index contributed by atoms with van der Waals surface area (Å²) in [5.41, 5.74) is 0. The predicted octanol–water partition coefficient (Wildman–Crippen LogP) is 1.65. The standard InChI is InChI=1S/C10H13NO3S/c1-2-14-9(13)10(15-7-11)6-4-3-5-8(10)12/h2-6H2,1H3. The highest BCUT2D eigenvalue weighted by atomic mass is 32.2. The topological polar surface area (TPSA) is 67.2 Å². The van der Waals surface area contributed by atoms with Gasteiger partial charge in [0.15, 0.2) is 10.5 Å². The maximum atomic E-state index is 11.7. The fraction of sp³-hybridized carbons (Fsp3) is 0.700. The molecule has 0 bridgehead atoms. The van der Waals surface area contributed by atoms with E-state index in [1.54, 1.807) is 6.92 Å². The van der Waals surface area contributed by atoms with Gasteiger partial charge in [-0.15, -0.1) is 0 Å². The Balaban J connectivity index is 2.90. The van der Waals surface area contributed by atoms with Crippen LogP contribution in [0.1, 0.15) is 32.6 Å². The van der Waals surface area contributed by atoms with Crippen molar-refractivity contribution >= 4 is 23.5 Å². The molecule has 0 heterocycles. The van der Waals surface area contributed by atoms with Gasteiger partial charge in [0.25, 0.3) is 0 Å². The number of thioether (sulfide) groups is 1. The van der Waals surface area contributed by atoms with Crippen LogP contribution in [-0.2, 0) is 14.3 Å². The molecule has 0 aromatic carbocycles. The summed E-state index contributed by atoms with van der Waals surface area (Å²) < 4.78 is 3.63. The summed E-state index contributed by atoms with van der Waals surface area (Å²) in [4.78, 5) is 23.5. The average molecular weight is 227 g/mol. The van der Waals surface area contributed by atoms with E-state index >= 15 is 0 Å². The number of nitrogens with zero attached hydrogens (tertiary/aromatic N) is 1. The number of carbonyl (C=O) groups excluding carboxylic acids is 2. The Hall–Kier alpha value is -1.02. The zero-order valence-electron chi connectivity index (χ0n) is 8.62. The van der Waals surface area contributed by atoms with Crippen molar-refractivity contribution in [2.75, 3.05) is 6.61 Å². The Morgan fingerprint density at radius 3 is 2.93 bits per heavy atom. The Bertz CT molecular complexity index is 310. The number of esters is 1. The molecule has 5 heteroatoms. The molecule has 1 aliphatic carbocycles. The third-order valence-corrected chi connectivity index (χ3v) is 3.50. The molecular formula is C10H13NO3S. The van der Waals surface area contributed by atoms with Crippen LogP contribution in [0.3, 0.4) is 0 Å². The summed E-state index contributed by atoms with van der Waals surface area (Å²) in [6.07, 6.45) is 2.38. The summed E-state index contributed by atoms with van der Waals surface area (Å²) in [7, 11) is 0. The molecule has 0 aromatic heterocycles. The van der Waals surface area contributed by atoms with Gasteiger partial charge in [0, 0.05) is 6.42 Å². The van der Waals surface area contributed by atoms with Gasteiger partial charge in [-0.2, -0.15) is 5.26 Å². The van der Waals surface area contributed by atoms with Gasteiger partial charge < -0.3 is 4.74 Å². The van der Waals surface area contributed by atoms with Gasteiger partial charge >= 0.3 is 5.97 Å². The van der Waals surface area contributed by atoms with E-state index in [1.807, 2.05) is 5.40 Å². The molecule has 1 atom stereocenters. The lowest BCUT2D eigenvalue weighted by molar-refractivity contribution is -0.150. The Labute approximate surface area is 93.0 Å². The average Bonchev–Trinajstić information content (AvgIpc) is 2.22. The molecule has 0 saturated heterocycles. The summed E-state index contributed by atoms with van der Waals surface area (Å²) in [5, 5.41) is 10.5. The highest BCUT2D eigenvalue weighted by Crippen LogP contribution is 2.38. The summed E-state index contributed by atoms with van der Waals surface area (Å²) >= 11 is 0.737. The Morgan fingerprint density at radius 1 is 1.67 bits per heavy atom. The lowest BCUT2D eigenvalue weighted by Gasteiger charge is -2.29. The van der Waals surface area contributed by atoms with Crippen molar-refractivity contribution in [2.45, 2.75) is 37.4 Å². The molecule has 1 saturated carbocycles. The van der Waals surface area contributed by atoms with Crippen LogP contribution < -0.4 is 0 Å². The van der Waals surface area contributed by atoms with E-state index in [0.29, 0.717) is 12.8 Å². The van der Waals surface area contributed by atoms with Gasteiger partial charge in [-0.25, -0.2) is 0 Å². The van der Waals surface area contributed by atoms with E-state index in [-0.39, 0.29) is 12.4 Å². The second kappa shape index (κ2) is 5.17. The molecule has 0 amide bonds. The minimum atomic E-state index is -1.25. The molecule has 0 spiro atoms. The zero-order chi connectivity index (χ0) is 11.3. The van der Waals surface area contributed by atoms with Crippen LogP contribution >= 0.6 is 11.8 Å². The molecule has 0 N–H and O–H groups in total. The fourth-order valence-electron chi connectivity index (χ4n) is 1.69. The van der Waals surface area contributed by atoms with Crippen LogP contribution in [0.2, 0.25) is 0 Å². The molecule has 1 aliphatic rings. The fourth-order valence-corrected chi connectivity index (χ4v) is 2.45. The van der Waals surface area contributed by atoms with Crippen molar-refractivity contribution in [3.63, 3.8) is 0 Å². The van der Waals surface area contributed by atoms with Gasteiger partial charge in [-0.3, -0.25) is 9.59 Å². The van der Waals surface area contributed by atoms with Crippen molar-refractivity contribution < 1.29 is 14.3 Å². The molecule has 0 radical (unpaired) electrons. The van der Waals surface area contributed by atoms with Crippen molar-refractivity contribution in [3.8, 4) is 5.40 Å². The maximum absolute atomic E-state index is 11.7. The van der Waals surface area contributed by atoms with E-state index in [4.69, 9.17) is 10.00 Å². The van der Waals surface area contributed by atoms with Crippen LogP contribution in [0.4, 0.5) is 0 Å². The molecule has 1 unspecified atom stereocenters. The lowest BCUT2D eigenvalue weighted by atomic mass is 9.87. The lowest BCUT2D eigenvalue weighted by Crippen LogP contribution is -2.46. The minimum Gasteiger partial charge on any atom is -0.465 e.